The van der Waals surface area contributed by atoms with Gasteiger partial charge in [0.15, 0.2) is 5.82 Å². The van der Waals surface area contributed by atoms with Gasteiger partial charge in [0.1, 0.15) is 0 Å². The third-order valence-electron chi connectivity index (χ3n) is 2.25. The number of hydrogen-bond donors (Lipinski definition) is 1. The van der Waals surface area contributed by atoms with Gasteiger partial charge >= 0.3 is 0 Å². The number of nitrogens with one attached hydrogen (secondary N) is 1. The summed E-state index contributed by atoms with van der Waals surface area (Å²) >= 11 is 1.81. The van der Waals surface area contributed by atoms with E-state index in [0.717, 1.165) is 11.6 Å². The Morgan fingerprint density at radius 1 is 1.47 bits per heavy atom. The van der Waals surface area contributed by atoms with Crippen LogP contribution in [0.5, 0.6) is 0 Å². The molecule has 0 saturated heterocycles. The van der Waals surface area contributed by atoms with Crippen molar-refractivity contribution in [3.8, 4) is 0 Å². The van der Waals surface area contributed by atoms with Crippen LogP contribution in [0.15, 0.2) is 4.52 Å². The molecule has 0 aliphatic heterocycles. The average molecular weight is 259 g/mol. The van der Waals surface area contributed by atoms with Gasteiger partial charge in [-0.1, -0.05) is 19.0 Å². The number of likely N-dealkylation sites (N-methyl/N-ethyl adjacent to an activating group) is 1. The SMILES string of the molecule is CNC(COC)Cc1nc(CSC(C)C)no1. The summed E-state index contributed by atoms with van der Waals surface area (Å²) in [6, 6.07) is 0.214. The van der Waals surface area contributed by atoms with Gasteiger partial charge < -0.3 is 14.6 Å². The van der Waals surface area contributed by atoms with Crippen LogP contribution in [0.2, 0.25) is 0 Å². The lowest BCUT2D eigenvalue weighted by atomic mass is 10.2. The van der Waals surface area contributed by atoms with E-state index in [0.29, 0.717) is 24.2 Å². The van der Waals surface area contributed by atoms with E-state index < -0.39 is 0 Å². The first-order valence-corrected chi connectivity index (χ1v) is 6.79. The average Bonchev–Trinajstić information content (AvgIpc) is 2.73. The maximum atomic E-state index is 5.21. The molecule has 17 heavy (non-hydrogen) atoms. The van der Waals surface area contributed by atoms with Crippen LogP contribution in [-0.4, -0.2) is 42.2 Å². The Labute approximate surface area is 107 Å². The fourth-order valence-corrected chi connectivity index (χ4v) is 1.93. The van der Waals surface area contributed by atoms with E-state index in [1.807, 2.05) is 18.8 Å². The summed E-state index contributed by atoms with van der Waals surface area (Å²) < 4.78 is 10.3. The van der Waals surface area contributed by atoms with Crippen molar-refractivity contribution in [1.29, 1.82) is 0 Å². The maximum absolute atomic E-state index is 5.21. The Morgan fingerprint density at radius 2 is 2.24 bits per heavy atom. The molecule has 1 unspecified atom stereocenters. The summed E-state index contributed by atoms with van der Waals surface area (Å²) in [6.07, 6.45) is 0.698. The molecule has 1 aromatic heterocycles. The van der Waals surface area contributed by atoms with Crippen LogP contribution in [0.3, 0.4) is 0 Å². The number of rotatable bonds is 8. The van der Waals surface area contributed by atoms with Crippen molar-refractivity contribution in [2.24, 2.45) is 0 Å². The molecule has 98 valence electrons. The minimum atomic E-state index is 0.214. The summed E-state index contributed by atoms with van der Waals surface area (Å²) in [5.41, 5.74) is 0. The van der Waals surface area contributed by atoms with Crippen LogP contribution in [0.25, 0.3) is 0 Å². The number of hydrogen-bond acceptors (Lipinski definition) is 6. The maximum Gasteiger partial charge on any atom is 0.228 e. The van der Waals surface area contributed by atoms with E-state index in [-0.39, 0.29) is 6.04 Å². The second kappa shape index (κ2) is 7.68. The van der Waals surface area contributed by atoms with E-state index in [4.69, 9.17) is 9.26 Å². The molecule has 0 aliphatic carbocycles. The van der Waals surface area contributed by atoms with Gasteiger partial charge in [-0.15, -0.1) is 0 Å². The summed E-state index contributed by atoms with van der Waals surface area (Å²) in [5.74, 6) is 2.24. The molecule has 1 atom stereocenters. The highest BCUT2D eigenvalue weighted by Crippen LogP contribution is 2.15. The van der Waals surface area contributed by atoms with Gasteiger partial charge in [0.25, 0.3) is 0 Å². The largest absolute Gasteiger partial charge is 0.383 e. The molecule has 1 rings (SSSR count). The molecule has 0 spiro atoms. The molecular formula is C11H21N3O2S. The first-order chi connectivity index (χ1) is 8.15. The third kappa shape index (κ3) is 5.52. The predicted molar refractivity (Wildman–Crippen MR) is 69.2 cm³/mol. The van der Waals surface area contributed by atoms with E-state index in [1.165, 1.54) is 0 Å². The zero-order valence-corrected chi connectivity index (χ0v) is 11.7. The van der Waals surface area contributed by atoms with E-state index in [2.05, 4.69) is 29.3 Å². The molecule has 0 bridgehead atoms. The van der Waals surface area contributed by atoms with Gasteiger partial charge in [-0.3, -0.25) is 0 Å². The first-order valence-electron chi connectivity index (χ1n) is 5.75. The van der Waals surface area contributed by atoms with Crippen molar-refractivity contribution in [2.75, 3.05) is 20.8 Å². The summed E-state index contributed by atoms with van der Waals surface area (Å²) in [6.45, 7) is 4.94. The van der Waals surface area contributed by atoms with Gasteiger partial charge in [0, 0.05) is 19.6 Å². The highest BCUT2D eigenvalue weighted by molar-refractivity contribution is 7.99. The fourth-order valence-electron chi connectivity index (χ4n) is 1.33. The van der Waals surface area contributed by atoms with E-state index in [9.17, 15) is 0 Å². The van der Waals surface area contributed by atoms with Gasteiger partial charge in [-0.05, 0) is 12.3 Å². The van der Waals surface area contributed by atoms with Crippen LogP contribution < -0.4 is 5.32 Å². The molecule has 0 radical (unpaired) electrons. The standard InChI is InChI=1S/C11H21N3O2S/c1-8(2)17-7-10-13-11(16-14-10)5-9(12-3)6-15-4/h8-9,12H,5-7H2,1-4H3. The number of methoxy groups -OCH3 is 1. The fraction of sp³-hybridized carbons (Fsp3) is 0.818. The first kappa shape index (κ1) is 14.5. The van der Waals surface area contributed by atoms with E-state index >= 15 is 0 Å². The quantitative estimate of drug-likeness (QED) is 0.763. The van der Waals surface area contributed by atoms with Gasteiger partial charge in [0.05, 0.1) is 12.4 Å². The Kier molecular flexibility index (Phi) is 6.54. The lowest BCUT2D eigenvalue weighted by Gasteiger charge is -2.11. The van der Waals surface area contributed by atoms with Crippen LogP contribution >= 0.6 is 11.8 Å². The zero-order valence-electron chi connectivity index (χ0n) is 10.9. The van der Waals surface area contributed by atoms with Crippen LogP contribution in [0, 0.1) is 0 Å². The van der Waals surface area contributed by atoms with E-state index in [1.54, 1.807) is 7.11 Å². The number of nitrogens with zero attached hydrogens (tertiary/aromatic N) is 2. The molecule has 1 N–H and O–H groups in total. The van der Waals surface area contributed by atoms with Gasteiger partial charge in [-0.2, -0.15) is 16.7 Å². The molecule has 1 aromatic rings. The molecule has 6 heteroatoms. The van der Waals surface area contributed by atoms with Crippen molar-refractivity contribution in [1.82, 2.24) is 15.5 Å². The van der Waals surface area contributed by atoms with Crippen LogP contribution in [0.1, 0.15) is 25.6 Å². The van der Waals surface area contributed by atoms with Crippen molar-refractivity contribution < 1.29 is 9.26 Å². The Hall–Kier alpha value is -0.590. The Morgan fingerprint density at radius 3 is 2.82 bits per heavy atom. The lowest BCUT2D eigenvalue weighted by Crippen LogP contribution is -2.32. The molecular weight excluding hydrogens is 238 g/mol. The second-order valence-corrected chi connectivity index (χ2v) is 5.67. The topological polar surface area (TPSA) is 60.2 Å². The molecule has 1 heterocycles. The van der Waals surface area contributed by atoms with Crippen molar-refractivity contribution in [3.63, 3.8) is 0 Å². The highest BCUT2D eigenvalue weighted by Gasteiger charge is 2.13. The third-order valence-corrected chi connectivity index (χ3v) is 3.34. The summed E-state index contributed by atoms with van der Waals surface area (Å²) in [4.78, 5) is 4.36. The van der Waals surface area contributed by atoms with Gasteiger partial charge in [-0.25, -0.2) is 0 Å². The monoisotopic (exact) mass is 259 g/mol. The smallest absolute Gasteiger partial charge is 0.228 e. The lowest BCUT2D eigenvalue weighted by molar-refractivity contribution is 0.165. The Balaban J connectivity index is 2.44. The highest BCUT2D eigenvalue weighted by atomic mass is 32.2. The van der Waals surface area contributed by atoms with Crippen LogP contribution in [-0.2, 0) is 16.9 Å². The molecule has 5 nitrogen and oxygen atoms in total. The predicted octanol–water partition coefficient (Wildman–Crippen LogP) is 1.49. The minimum absolute atomic E-state index is 0.214. The minimum Gasteiger partial charge on any atom is -0.383 e. The molecule has 0 aromatic carbocycles. The molecule has 0 amide bonds. The molecule has 0 fully saturated rings. The second-order valence-electron chi connectivity index (χ2n) is 4.11. The van der Waals surface area contributed by atoms with Crippen molar-refractivity contribution in [2.45, 2.75) is 37.3 Å². The number of thioether (sulfide) groups is 1. The van der Waals surface area contributed by atoms with Crippen molar-refractivity contribution >= 4 is 11.8 Å². The summed E-state index contributed by atoms with van der Waals surface area (Å²) in [5, 5.41) is 7.69. The zero-order chi connectivity index (χ0) is 12.7. The number of aromatic nitrogens is 2. The van der Waals surface area contributed by atoms with Gasteiger partial charge in [0.2, 0.25) is 5.89 Å². The summed E-state index contributed by atoms with van der Waals surface area (Å²) in [7, 11) is 3.58. The number of ether oxygens (including phenoxy) is 1. The normalized spacial score (nSPS) is 13.2. The van der Waals surface area contributed by atoms with Crippen molar-refractivity contribution in [3.05, 3.63) is 11.7 Å². The molecule has 0 saturated carbocycles. The Bertz CT molecular complexity index is 317. The van der Waals surface area contributed by atoms with Crippen LogP contribution in [0.4, 0.5) is 0 Å². The molecule has 0 aliphatic rings.